The van der Waals surface area contributed by atoms with Gasteiger partial charge in [0.15, 0.2) is 0 Å². The second kappa shape index (κ2) is 8.59. The molecule has 3 rings (SSSR count). The molecule has 0 aliphatic rings. The number of carbonyl (C=O) groups excluding carboxylic acids is 1. The second-order valence-electron chi connectivity index (χ2n) is 6.48. The highest BCUT2D eigenvalue weighted by atomic mass is 32.2. The van der Waals surface area contributed by atoms with Gasteiger partial charge in [-0.25, -0.2) is 8.42 Å². The maximum atomic E-state index is 12.5. The minimum atomic E-state index is -3.75. The van der Waals surface area contributed by atoms with Crippen LogP contribution in [0.3, 0.4) is 0 Å². The highest BCUT2D eigenvalue weighted by molar-refractivity contribution is 7.92. The van der Waals surface area contributed by atoms with Crippen LogP contribution in [0.4, 0.5) is 11.4 Å². The van der Waals surface area contributed by atoms with E-state index in [4.69, 9.17) is 5.26 Å². The molecule has 0 aliphatic carbocycles. The Balaban J connectivity index is 1.69. The molecule has 1 amide bonds. The molecule has 0 aliphatic heterocycles. The number of hydrogen-bond donors (Lipinski definition) is 2. The van der Waals surface area contributed by atoms with E-state index in [0.29, 0.717) is 23.4 Å². The summed E-state index contributed by atoms with van der Waals surface area (Å²) in [6.45, 7) is 1.92. The molecule has 0 fully saturated rings. The number of carbonyl (C=O) groups is 1. The molecule has 0 bridgehead atoms. The fourth-order valence-corrected chi connectivity index (χ4v) is 3.68. The van der Waals surface area contributed by atoms with Crippen molar-refractivity contribution in [1.82, 2.24) is 0 Å². The van der Waals surface area contributed by atoms with Gasteiger partial charge in [-0.2, -0.15) is 5.26 Å². The zero-order chi connectivity index (χ0) is 20.9. The SMILES string of the molecule is Cc1ccc(NS(=O)(=O)c2ccc(C(=O)Nc3ccc(CC#N)cc3)cc2)cc1. The van der Waals surface area contributed by atoms with E-state index >= 15 is 0 Å². The number of benzene rings is 3. The average Bonchev–Trinajstić information content (AvgIpc) is 2.71. The van der Waals surface area contributed by atoms with Gasteiger partial charge in [-0.3, -0.25) is 9.52 Å². The number of rotatable bonds is 6. The summed E-state index contributed by atoms with van der Waals surface area (Å²) in [5.41, 5.74) is 3.29. The van der Waals surface area contributed by atoms with Crippen LogP contribution in [0.25, 0.3) is 0 Å². The first-order chi connectivity index (χ1) is 13.9. The molecule has 3 aromatic carbocycles. The molecule has 0 aromatic heterocycles. The Bertz CT molecular complexity index is 1150. The molecule has 6 nitrogen and oxygen atoms in total. The highest BCUT2D eigenvalue weighted by Crippen LogP contribution is 2.18. The van der Waals surface area contributed by atoms with Gasteiger partial charge in [-0.1, -0.05) is 29.8 Å². The van der Waals surface area contributed by atoms with Crippen LogP contribution in [-0.4, -0.2) is 14.3 Å². The second-order valence-corrected chi connectivity index (χ2v) is 8.16. The molecule has 0 saturated heterocycles. The molecule has 0 saturated carbocycles. The third-order valence-electron chi connectivity index (χ3n) is 4.23. The lowest BCUT2D eigenvalue weighted by atomic mass is 10.1. The van der Waals surface area contributed by atoms with Gasteiger partial charge in [0.05, 0.1) is 17.4 Å². The van der Waals surface area contributed by atoms with E-state index in [9.17, 15) is 13.2 Å². The molecule has 29 heavy (non-hydrogen) atoms. The lowest BCUT2D eigenvalue weighted by Gasteiger charge is -2.10. The molecular formula is C22H19N3O3S. The van der Waals surface area contributed by atoms with Crippen LogP contribution in [0, 0.1) is 18.3 Å². The number of hydrogen-bond acceptors (Lipinski definition) is 4. The molecular weight excluding hydrogens is 386 g/mol. The number of nitriles is 1. The predicted octanol–water partition coefficient (Wildman–Crippen LogP) is 4.11. The van der Waals surface area contributed by atoms with Crippen LogP contribution in [0.1, 0.15) is 21.5 Å². The van der Waals surface area contributed by atoms with Crippen LogP contribution in [0.2, 0.25) is 0 Å². The number of nitrogens with zero attached hydrogens (tertiary/aromatic N) is 1. The van der Waals surface area contributed by atoms with Crippen LogP contribution in [0.15, 0.2) is 77.7 Å². The standard InChI is InChI=1S/C22H19N3O3S/c1-16-2-8-20(9-3-16)25-29(27,28)21-12-6-18(7-13-21)22(26)24-19-10-4-17(5-11-19)14-15-23/h2-13,25H,14H2,1H3,(H,24,26). The maximum Gasteiger partial charge on any atom is 0.261 e. The minimum Gasteiger partial charge on any atom is -0.322 e. The number of amides is 1. The number of anilines is 2. The van der Waals surface area contributed by atoms with Crippen molar-refractivity contribution in [1.29, 1.82) is 5.26 Å². The Hall–Kier alpha value is -3.63. The normalized spacial score (nSPS) is 10.8. The summed E-state index contributed by atoms with van der Waals surface area (Å²) in [7, 11) is -3.75. The first-order valence-electron chi connectivity index (χ1n) is 8.84. The molecule has 7 heteroatoms. The molecule has 0 spiro atoms. The van der Waals surface area contributed by atoms with Crippen molar-refractivity contribution in [3.05, 3.63) is 89.5 Å². The van der Waals surface area contributed by atoms with Gasteiger partial charge in [0.1, 0.15) is 0 Å². The summed E-state index contributed by atoms with van der Waals surface area (Å²) in [6.07, 6.45) is 0.306. The van der Waals surface area contributed by atoms with Crippen LogP contribution in [-0.2, 0) is 16.4 Å². The first-order valence-corrected chi connectivity index (χ1v) is 10.3. The smallest absolute Gasteiger partial charge is 0.261 e. The third-order valence-corrected chi connectivity index (χ3v) is 5.62. The molecule has 0 radical (unpaired) electrons. The summed E-state index contributed by atoms with van der Waals surface area (Å²) in [4.78, 5) is 12.4. The van der Waals surface area contributed by atoms with Gasteiger partial charge in [0, 0.05) is 16.9 Å². The highest BCUT2D eigenvalue weighted by Gasteiger charge is 2.15. The maximum absolute atomic E-state index is 12.5. The molecule has 3 aromatic rings. The van der Waals surface area contributed by atoms with Crippen molar-refractivity contribution in [2.45, 2.75) is 18.2 Å². The molecule has 0 atom stereocenters. The van der Waals surface area contributed by atoms with Gasteiger partial charge >= 0.3 is 0 Å². The van der Waals surface area contributed by atoms with Crippen LogP contribution >= 0.6 is 0 Å². The van der Waals surface area contributed by atoms with E-state index in [2.05, 4.69) is 16.1 Å². The van der Waals surface area contributed by atoms with E-state index in [1.54, 1.807) is 36.4 Å². The first kappa shape index (κ1) is 20.1. The van der Waals surface area contributed by atoms with Gasteiger partial charge in [0.25, 0.3) is 15.9 Å². The Morgan fingerprint density at radius 2 is 1.48 bits per heavy atom. The van der Waals surface area contributed by atoms with Gasteiger partial charge in [0.2, 0.25) is 0 Å². The topological polar surface area (TPSA) is 99.1 Å². The van der Waals surface area contributed by atoms with Crippen LogP contribution in [0.5, 0.6) is 0 Å². The van der Waals surface area contributed by atoms with Crippen molar-refractivity contribution in [3.63, 3.8) is 0 Å². The van der Waals surface area contributed by atoms with Crippen molar-refractivity contribution in [3.8, 4) is 6.07 Å². The quantitative estimate of drug-likeness (QED) is 0.644. The predicted molar refractivity (Wildman–Crippen MR) is 112 cm³/mol. The van der Waals surface area contributed by atoms with E-state index in [0.717, 1.165) is 11.1 Å². The summed E-state index contributed by atoms with van der Waals surface area (Å²) in [5, 5.41) is 11.4. The lowest BCUT2D eigenvalue weighted by Crippen LogP contribution is -2.14. The van der Waals surface area contributed by atoms with Gasteiger partial charge < -0.3 is 5.32 Å². The van der Waals surface area contributed by atoms with Crippen LogP contribution < -0.4 is 10.0 Å². The molecule has 0 heterocycles. The van der Waals surface area contributed by atoms with Gasteiger partial charge in [-0.05, 0) is 61.0 Å². The Kier molecular flexibility index (Phi) is 5.96. The zero-order valence-corrected chi connectivity index (χ0v) is 16.5. The Morgan fingerprint density at radius 1 is 0.897 bits per heavy atom. The van der Waals surface area contributed by atoms with E-state index in [1.165, 1.54) is 24.3 Å². The Labute approximate surface area is 169 Å². The summed E-state index contributed by atoms with van der Waals surface area (Å²) >= 11 is 0. The zero-order valence-electron chi connectivity index (χ0n) is 15.7. The monoisotopic (exact) mass is 405 g/mol. The minimum absolute atomic E-state index is 0.0653. The van der Waals surface area contributed by atoms with E-state index in [1.807, 2.05) is 19.1 Å². The molecule has 2 N–H and O–H groups in total. The molecule has 0 unspecified atom stereocenters. The van der Waals surface area contributed by atoms with E-state index in [-0.39, 0.29) is 10.8 Å². The number of sulfonamides is 1. The number of nitrogens with one attached hydrogen (secondary N) is 2. The van der Waals surface area contributed by atoms with Gasteiger partial charge in [-0.15, -0.1) is 0 Å². The Morgan fingerprint density at radius 3 is 2.07 bits per heavy atom. The summed E-state index contributed by atoms with van der Waals surface area (Å²) in [6, 6.07) is 21.8. The lowest BCUT2D eigenvalue weighted by molar-refractivity contribution is 0.102. The summed E-state index contributed by atoms with van der Waals surface area (Å²) in [5.74, 6) is -0.353. The summed E-state index contributed by atoms with van der Waals surface area (Å²) < 4.78 is 27.5. The van der Waals surface area contributed by atoms with Crippen molar-refractivity contribution in [2.75, 3.05) is 10.0 Å². The van der Waals surface area contributed by atoms with Crippen molar-refractivity contribution >= 4 is 27.3 Å². The van der Waals surface area contributed by atoms with Crippen molar-refractivity contribution in [2.24, 2.45) is 0 Å². The molecule has 146 valence electrons. The third kappa shape index (κ3) is 5.21. The fraction of sp³-hybridized carbons (Fsp3) is 0.0909. The largest absolute Gasteiger partial charge is 0.322 e. The fourth-order valence-electron chi connectivity index (χ4n) is 2.62. The van der Waals surface area contributed by atoms with E-state index < -0.39 is 10.0 Å². The average molecular weight is 405 g/mol. The van der Waals surface area contributed by atoms with Crippen molar-refractivity contribution < 1.29 is 13.2 Å². The number of aryl methyl sites for hydroxylation is 1.